The van der Waals surface area contributed by atoms with E-state index in [2.05, 4.69) is 46.5 Å². The zero-order valence-electron chi connectivity index (χ0n) is 17.1. The highest BCUT2D eigenvalue weighted by atomic mass is 16.5. The Morgan fingerprint density at radius 1 is 1.22 bits per heavy atom. The zero-order valence-corrected chi connectivity index (χ0v) is 17.1. The van der Waals surface area contributed by atoms with Crippen molar-refractivity contribution < 1.29 is 4.74 Å². The highest BCUT2D eigenvalue weighted by Crippen LogP contribution is 2.42. The van der Waals surface area contributed by atoms with Crippen LogP contribution in [0.3, 0.4) is 0 Å². The van der Waals surface area contributed by atoms with Gasteiger partial charge in [0, 0.05) is 31.2 Å². The second-order valence-corrected chi connectivity index (χ2v) is 8.93. The van der Waals surface area contributed by atoms with Crippen LogP contribution in [-0.2, 0) is 4.74 Å². The molecule has 7 atom stereocenters. The van der Waals surface area contributed by atoms with Gasteiger partial charge in [0.15, 0.2) is 0 Å². The summed E-state index contributed by atoms with van der Waals surface area (Å²) in [5, 5.41) is 18.4. The highest BCUT2D eigenvalue weighted by molar-refractivity contribution is 5.15. The van der Waals surface area contributed by atoms with Gasteiger partial charge in [0.1, 0.15) is 6.29 Å². The maximum atomic E-state index is 6.24. The number of nitrogens with one attached hydrogen (secondary N) is 5. The van der Waals surface area contributed by atoms with Gasteiger partial charge < -0.3 is 15.4 Å². The number of ether oxygens (including phenoxy) is 1. The SMILES string of the molecule is CCNC1CC(C)NC(NC2CC3CCOC3C(C3=CCNCCC3)C2)N1. The second-order valence-electron chi connectivity index (χ2n) is 8.93. The van der Waals surface area contributed by atoms with Crippen molar-refractivity contribution in [3.8, 4) is 0 Å². The summed E-state index contributed by atoms with van der Waals surface area (Å²) < 4.78 is 6.24. The molecule has 4 aliphatic rings. The van der Waals surface area contributed by atoms with Crippen molar-refractivity contribution in [2.75, 3.05) is 26.2 Å². The molecule has 27 heavy (non-hydrogen) atoms. The van der Waals surface area contributed by atoms with E-state index in [9.17, 15) is 0 Å². The lowest BCUT2D eigenvalue weighted by Crippen LogP contribution is -2.68. The third-order valence-corrected chi connectivity index (χ3v) is 6.85. The minimum absolute atomic E-state index is 0.187. The van der Waals surface area contributed by atoms with Gasteiger partial charge in [-0.25, -0.2) is 0 Å². The Bertz CT molecular complexity index is 513. The fourth-order valence-electron chi connectivity index (χ4n) is 5.66. The van der Waals surface area contributed by atoms with E-state index in [-0.39, 0.29) is 6.29 Å². The highest BCUT2D eigenvalue weighted by Gasteiger charge is 2.43. The summed E-state index contributed by atoms with van der Waals surface area (Å²) in [5.74, 6) is 1.30. The molecule has 3 aliphatic heterocycles. The first-order valence-electron chi connectivity index (χ1n) is 11.3. The van der Waals surface area contributed by atoms with Crippen molar-refractivity contribution >= 4 is 0 Å². The van der Waals surface area contributed by atoms with Gasteiger partial charge in [0.2, 0.25) is 0 Å². The molecule has 0 aromatic rings. The van der Waals surface area contributed by atoms with Crippen molar-refractivity contribution in [2.24, 2.45) is 11.8 Å². The van der Waals surface area contributed by atoms with Gasteiger partial charge in [-0.05, 0) is 64.5 Å². The third-order valence-electron chi connectivity index (χ3n) is 6.85. The predicted octanol–water partition coefficient (Wildman–Crippen LogP) is 1.26. The molecule has 1 saturated carbocycles. The van der Waals surface area contributed by atoms with Crippen LogP contribution in [0.1, 0.15) is 52.4 Å². The van der Waals surface area contributed by atoms with Crippen LogP contribution in [0, 0.1) is 11.8 Å². The molecule has 6 nitrogen and oxygen atoms in total. The summed E-state index contributed by atoms with van der Waals surface area (Å²) in [6.45, 7) is 8.58. The topological polar surface area (TPSA) is 69.4 Å². The molecule has 0 aromatic heterocycles. The van der Waals surface area contributed by atoms with Gasteiger partial charge in [0.25, 0.3) is 0 Å². The molecule has 154 valence electrons. The van der Waals surface area contributed by atoms with E-state index in [0.717, 1.165) is 32.7 Å². The zero-order chi connectivity index (χ0) is 18.6. The summed E-state index contributed by atoms with van der Waals surface area (Å²) >= 11 is 0. The largest absolute Gasteiger partial charge is 0.377 e. The van der Waals surface area contributed by atoms with E-state index in [0.29, 0.717) is 36.2 Å². The molecule has 0 aromatic carbocycles. The summed E-state index contributed by atoms with van der Waals surface area (Å²) in [6.07, 6.45) is 10.8. The van der Waals surface area contributed by atoms with Gasteiger partial charge in [-0.15, -0.1) is 0 Å². The Kier molecular flexibility index (Phi) is 6.84. The normalized spacial score (nSPS) is 43.0. The molecule has 0 spiro atoms. The minimum Gasteiger partial charge on any atom is -0.377 e. The number of hydrogen-bond donors (Lipinski definition) is 5. The van der Waals surface area contributed by atoms with Crippen molar-refractivity contribution in [2.45, 2.75) is 83.0 Å². The molecule has 6 heteroatoms. The summed E-state index contributed by atoms with van der Waals surface area (Å²) in [5.41, 5.74) is 1.65. The lowest BCUT2D eigenvalue weighted by Gasteiger charge is -2.43. The second kappa shape index (κ2) is 9.33. The fraction of sp³-hybridized carbons (Fsp3) is 0.905. The van der Waals surface area contributed by atoms with Gasteiger partial charge >= 0.3 is 0 Å². The van der Waals surface area contributed by atoms with Crippen LogP contribution in [0.2, 0.25) is 0 Å². The summed E-state index contributed by atoms with van der Waals surface area (Å²) in [7, 11) is 0. The quantitative estimate of drug-likeness (QED) is 0.465. The van der Waals surface area contributed by atoms with Gasteiger partial charge in [-0.2, -0.15) is 0 Å². The summed E-state index contributed by atoms with van der Waals surface area (Å²) in [4.78, 5) is 0. The molecule has 0 radical (unpaired) electrons. The molecule has 0 amide bonds. The van der Waals surface area contributed by atoms with Gasteiger partial charge in [0.05, 0.1) is 12.3 Å². The molecule has 0 bridgehead atoms. The standard InChI is InChI=1S/C21H39N5O/c1-3-23-19-11-14(2)24-21(26-19)25-17-12-16-7-10-27-20(16)18(13-17)15-5-4-8-22-9-6-15/h6,14,16-26H,3-5,7-13H2,1-2H3. The third kappa shape index (κ3) is 4.92. The molecule has 3 fully saturated rings. The average Bonchev–Trinajstić information content (AvgIpc) is 2.94. The molecule has 1 aliphatic carbocycles. The maximum absolute atomic E-state index is 6.24. The van der Waals surface area contributed by atoms with Crippen LogP contribution in [0.25, 0.3) is 0 Å². The van der Waals surface area contributed by atoms with E-state index < -0.39 is 0 Å². The Balaban J connectivity index is 1.41. The first kappa shape index (κ1) is 19.8. The van der Waals surface area contributed by atoms with E-state index in [1.807, 2.05) is 0 Å². The molecule has 4 rings (SSSR count). The van der Waals surface area contributed by atoms with E-state index in [4.69, 9.17) is 4.74 Å². The Labute approximate surface area is 164 Å². The molecule has 2 saturated heterocycles. The molecular formula is C21H39N5O. The van der Waals surface area contributed by atoms with Crippen molar-refractivity contribution in [1.29, 1.82) is 0 Å². The lowest BCUT2D eigenvalue weighted by molar-refractivity contribution is 0.0176. The molecule has 7 unspecified atom stereocenters. The summed E-state index contributed by atoms with van der Waals surface area (Å²) in [6, 6.07) is 1.07. The van der Waals surface area contributed by atoms with Crippen LogP contribution < -0.4 is 26.6 Å². The first-order valence-corrected chi connectivity index (χ1v) is 11.3. The van der Waals surface area contributed by atoms with Crippen LogP contribution >= 0.6 is 0 Å². The van der Waals surface area contributed by atoms with E-state index >= 15 is 0 Å². The van der Waals surface area contributed by atoms with Crippen molar-refractivity contribution in [3.63, 3.8) is 0 Å². The van der Waals surface area contributed by atoms with Gasteiger partial charge in [-0.3, -0.25) is 16.0 Å². The van der Waals surface area contributed by atoms with Crippen molar-refractivity contribution in [1.82, 2.24) is 26.6 Å². The Morgan fingerprint density at radius 2 is 2.15 bits per heavy atom. The van der Waals surface area contributed by atoms with E-state index in [1.165, 1.54) is 32.1 Å². The first-order chi connectivity index (χ1) is 13.2. The monoisotopic (exact) mass is 377 g/mol. The fourth-order valence-corrected chi connectivity index (χ4v) is 5.66. The number of fused-ring (bicyclic) bond motifs is 1. The molecule has 3 heterocycles. The Hall–Kier alpha value is -0.500. The number of hydrogen-bond acceptors (Lipinski definition) is 6. The maximum Gasteiger partial charge on any atom is 0.113 e. The minimum atomic E-state index is 0.187. The van der Waals surface area contributed by atoms with Crippen LogP contribution in [-0.4, -0.2) is 56.9 Å². The van der Waals surface area contributed by atoms with Crippen LogP contribution in [0.4, 0.5) is 0 Å². The lowest BCUT2D eigenvalue weighted by atomic mass is 9.72. The van der Waals surface area contributed by atoms with Crippen molar-refractivity contribution in [3.05, 3.63) is 11.6 Å². The van der Waals surface area contributed by atoms with Gasteiger partial charge in [-0.1, -0.05) is 18.6 Å². The Morgan fingerprint density at radius 3 is 3.04 bits per heavy atom. The molecular weight excluding hydrogens is 338 g/mol. The predicted molar refractivity (Wildman–Crippen MR) is 109 cm³/mol. The van der Waals surface area contributed by atoms with Crippen LogP contribution in [0.5, 0.6) is 0 Å². The molecule has 5 N–H and O–H groups in total. The van der Waals surface area contributed by atoms with Crippen LogP contribution in [0.15, 0.2) is 11.6 Å². The van der Waals surface area contributed by atoms with E-state index in [1.54, 1.807) is 5.57 Å². The smallest absolute Gasteiger partial charge is 0.113 e. The number of rotatable bonds is 5. The average molecular weight is 378 g/mol.